The average molecular weight is 607 g/mol. The lowest BCUT2D eigenvalue weighted by Crippen LogP contribution is -2.47. The second-order valence-corrected chi connectivity index (χ2v) is 12.3. The number of carbonyl (C=O) groups excluding carboxylic acids is 3. The van der Waals surface area contributed by atoms with Gasteiger partial charge in [0.1, 0.15) is 25.0 Å². The summed E-state index contributed by atoms with van der Waals surface area (Å²) in [6.07, 6.45) is 3.35. The first-order valence-corrected chi connectivity index (χ1v) is 15.0. The van der Waals surface area contributed by atoms with Gasteiger partial charge in [-0.2, -0.15) is 13.5 Å². The van der Waals surface area contributed by atoms with E-state index >= 15 is 4.48 Å². The van der Waals surface area contributed by atoms with Crippen LogP contribution in [-0.2, 0) is 36.9 Å². The monoisotopic (exact) mass is 606 g/mol. The van der Waals surface area contributed by atoms with Crippen molar-refractivity contribution in [3.8, 4) is 5.75 Å². The Hall–Kier alpha value is -3.68. The molecule has 218 valence electrons. The van der Waals surface area contributed by atoms with E-state index in [9.17, 15) is 22.8 Å². The van der Waals surface area contributed by atoms with Crippen molar-refractivity contribution in [1.82, 2.24) is 14.6 Å². The van der Waals surface area contributed by atoms with E-state index in [0.29, 0.717) is 39.2 Å². The molecule has 41 heavy (non-hydrogen) atoms. The number of piperidine rings is 1. The van der Waals surface area contributed by atoms with E-state index in [2.05, 4.69) is 4.18 Å². The van der Waals surface area contributed by atoms with Crippen molar-refractivity contribution in [3.05, 3.63) is 64.8 Å². The third-order valence-corrected chi connectivity index (χ3v) is 8.04. The highest BCUT2D eigenvalue weighted by Crippen LogP contribution is 2.48. The van der Waals surface area contributed by atoms with Crippen LogP contribution >= 0.6 is 11.6 Å². The number of fused-ring (bicyclic) bond motifs is 2. The van der Waals surface area contributed by atoms with E-state index in [1.54, 1.807) is 42.5 Å². The molecule has 0 unspecified atom stereocenters. The Morgan fingerprint density at radius 3 is 2.63 bits per heavy atom. The van der Waals surface area contributed by atoms with E-state index in [1.807, 2.05) is 0 Å². The number of likely N-dealkylation sites (tertiary alicyclic amines) is 1. The van der Waals surface area contributed by atoms with Crippen molar-refractivity contribution in [2.45, 2.75) is 37.9 Å². The molecule has 2 heterocycles. The Labute approximate surface area is 240 Å². The Morgan fingerprint density at radius 2 is 1.93 bits per heavy atom. The minimum absolute atomic E-state index is 0.0566. The molecular weight excluding hydrogens is 579 g/mol. The maximum Gasteiger partial charge on any atom is 0.323 e. The van der Waals surface area contributed by atoms with Crippen LogP contribution in [0.5, 0.6) is 5.75 Å². The number of nitrogens with two attached hydrogens (primary N) is 1. The minimum atomic E-state index is -3.62. The lowest BCUT2D eigenvalue weighted by molar-refractivity contribution is -0.157. The smallest absolute Gasteiger partial charge is 0.323 e. The summed E-state index contributed by atoms with van der Waals surface area (Å²) in [6, 6.07) is 9.49. The van der Waals surface area contributed by atoms with Crippen LogP contribution in [0.3, 0.4) is 0 Å². The van der Waals surface area contributed by atoms with Gasteiger partial charge in [0, 0.05) is 22.6 Å². The highest BCUT2D eigenvalue weighted by Gasteiger charge is 2.56. The number of primary amides is 1. The number of hydrogen-bond donors (Lipinski definition) is 1. The van der Waals surface area contributed by atoms with Gasteiger partial charge in [-0.05, 0) is 60.2 Å². The topological polar surface area (TPSA) is 141 Å². The summed E-state index contributed by atoms with van der Waals surface area (Å²) >= 11 is 5.98. The predicted octanol–water partition coefficient (Wildman–Crippen LogP) is 3.02. The third kappa shape index (κ3) is 6.47. The molecule has 0 radical (unpaired) electrons. The van der Waals surface area contributed by atoms with Crippen LogP contribution < -0.4 is 10.5 Å². The highest BCUT2D eigenvalue weighted by molar-refractivity contribution is 7.85. The number of rotatable bonds is 10. The molecule has 2 aliphatic rings. The van der Waals surface area contributed by atoms with Crippen molar-refractivity contribution < 1.29 is 36.2 Å². The van der Waals surface area contributed by atoms with Gasteiger partial charge >= 0.3 is 6.03 Å². The molecule has 0 spiro atoms. The van der Waals surface area contributed by atoms with Crippen molar-refractivity contribution in [1.29, 1.82) is 0 Å². The maximum atomic E-state index is 15.0. The van der Waals surface area contributed by atoms with Gasteiger partial charge in [-0.15, -0.1) is 0 Å². The fraction of sp³-hybridized carbons (Fsp3) is 0.370. The normalized spacial score (nSPS) is 19.7. The van der Waals surface area contributed by atoms with Crippen LogP contribution in [0, 0.1) is 5.92 Å². The number of carbonyl (C=O) groups is 3. The van der Waals surface area contributed by atoms with Gasteiger partial charge in [0.15, 0.2) is 0 Å². The molecular formula is C27H28ClFN4O7S. The fourth-order valence-corrected chi connectivity index (χ4v) is 5.94. The highest BCUT2D eigenvalue weighted by atomic mass is 35.5. The SMILES string of the molecule is CS(=O)(=O)OCCOc1ccc2c(c1)c(CC(=O)N1[C@@H]3C[C@@H]3C[C@H]1C(=O)N(F)Cc1cccc(Cl)c1)cn2C(N)=O. The first-order chi connectivity index (χ1) is 19.4. The molecule has 0 bridgehead atoms. The Morgan fingerprint density at radius 1 is 1.15 bits per heavy atom. The van der Waals surface area contributed by atoms with E-state index in [-0.39, 0.29) is 49.2 Å². The molecule has 3 aromatic rings. The Kier molecular flexibility index (Phi) is 7.95. The minimum Gasteiger partial charge on any atom is -0.491 e. The van der Waals surface area contributed by atoms with Crippen LogP contribution in [0.4, 0.5) is 9.28 Å². The van der Waals surface area contributed by atoms with Gasteiger partial charge in [-0.1, -0.05) is 28.2 Å². The van der Waals surface area contributed by atoms with Crippen LogP contribution in [-0.4, -0.2) is 72.4 Å². The molecule has 2 fully saturated rings. The molecule has 11 nitrogen and oxygen atoms in total. The summed E-state index contributed by atoms with van der Waals surface area (Å²) in [7, 11) is -3.62. The molecule has 1 aromatic heterocycles. The summed E-state index contributed by atoms with van der Waals surface area (Å²) in [4.78, 5) is 40.2. The molecule has 5 rings (SSSR count). The Balaban J connectivity index is 1.33. The molecule has 2 N–H and O–H groups in total. The van der Waals surface area contributed by atoms with Crippen LogP contribution in [0.2, 0.25) is 5.02 Å². The quantitative estimate of drug-likeness (QED) is 0.212. The zero-order valence-corrected chi connectivity index (χ0v) is 23.6. The first-order valence-electron chi connectivity index (χ1n) is 12.8. The lowest BCUT2D eigenvalue weighted by Gasteiger charge is -2.28. The molecule has 1 saturated carbocycles. The number of nitrogens with zero attached hydrogens (tertiary/aromatic N) is 3. The molecule has 3 atom stereocenters. The van der Waals surface area contributed by atoms with E-state index in [4.69, 9.17) is 22.1 Å². The number of ether oxygens (including phenoxy) is 1. The second-order valence-electron chi connectivity index (χ2n) is 10.2. The number of benzene rings is 2. The average Bonchev–Trinajstić information content (AvgIpc) is 3.41. The van der Waals surface area contributed by atoms with E-state index < -0.39 is 28.1 Å². The zero-order valence-electron chi connectivity index (χ0n) is 22.0. The van der Waals surface area contributed by atoms with Gasteiger partial charge in [-0.3, -0.25) is 18.3 Å². The number of amides is 3. The molecule has 1 aliphatic heterocycles. The van der Waals surface area contributed by atoms with Crippen molar-refractivity contribution >= 4 is 50.5 Å². The summed E-state index contributed by atoms with van der Waals surface area (Å²) < 4.78 is 48.8. The molecule has 1 aliphatic carbocycles. The summed E-state index contributed by atoms with van der Waals surface area (Å²) in [5.74, 6) is -0.678. The van der Waals surface area contributed by atoms with Crippen molar-refractivity contribution in [3.63, 3.8) is 0 Å². The van der Waals surface area contributed by atoms with E-state index in [0.717, 1.165) is 12.7 Å². The van der Waals surface area contributed by atoms with Gasteiger partial charge in [0.2, 0.25) is 5.91 Å². The second kappa shape index (κ2) is 11.3. The largest absolute Gasteiger partial charge is 0.491 e. The fourth-order valence-electron chi connectivity index (χ4n) is 5.36. The van der Waals surface area contributed by atoms with Crippen LogP contribution in [0.1, 0.15) is 24.0 Å². The zero-order chi connectivity index (χ0) is 29.5. The summed E-state index contributed by atoms with van der Waals surface area (Å²) in [5.41, 5.74) is 6.97. The maximum absolute atomic E-state index is 15.0. The van der Waals surface area contributed by atoms with Crippen molar-refractivity contribution in [2.75, 3.05) is 19.5 Å². The van der Waals surface area contributed by atoms with E-state index in [1.165, 1.54) is 15.7 Å². The molecule has 2 aromatic carbocycles. The first kappa shape index (κ1) is 28.8. The van der Waals surface area contributed by atoms with Crippen molar-refractivity contribution in [2.24, 2.45) is 11.7 Å². The van der Waals surface area contributed by atoms with Gasteiger partial charge in [-0.25, -0.2) is 4.79 Å². The standard InChI is InChI=1S/C27H28ClFN4O7S/c1-41(37,38)40-8-7-39-20-5-6-22-21(13-20)18(15-31(22)27(30)36)12-25(34)33-23-10-17(23)11-24(33)26(35)32(29)14-16-3-2-4-19(28)9-16/h2-6,9,13,15,17,23-24H,7-8,10-12,14H2,1H3,(H2,30,36)/t17-,23-,24+/m1/s1. The lowest BCUT2D eigenvalue weighted by atomic mass is 10.1. The number of halogens is 2. The molecule has 1 saturated heterocycles. The predicted molar refractivity (Wildman–Crippen MR) is 147 cm³/mol. The summed E-state index contributed by atoms with van der Waals surface area (Å²) in [5, 5.41) is 1.06. The number of aromatic nitrogens is 1. The van der Waals surface area contributed by atoms with Gasteiger partial charge in [0.25, 0.3) is 16.0 Å². The summed E-state index contributed by atoms with van der Waals surface area (Å²) in [6.45, 7) is -0.545. The van der Waals surface area contributed by atoms with Crippen LogP contribution in [0.25, 0.3) is 10.9 Å². The Bertz CT molecular complexity index is 1630. The third-order valence-electron chi connectivity index (χ3n) is 7.21. The van der Waals surface area contributed by atoms with Crippen LogP contribution in [0.15, 0.2) is 48.7 Å². The van der Waals surface area contributed by atoms with Gasteiger partial charge < -0.3 is 15.4 Å². The molecule has 14 heteroatoms. The van der Waals surface area contributed by atoms with Gasteiger partial charge in [0.05, 0.1) is 24.7 Å². The number of hydrogen-bond acceptors (Lipinski definition) is 7. The molecule has 3 amide bonds.